The molecular formula is C23H30N2O3S. The van der Waals surface area contributed by atoms with Crippen LogP contribution in [0.2, 0.25) is 0 Å². The van der Waals surface area contributed by atoms with Crippen molar-refractivity contribution in [3.8, 4) is 0 Å². The zero-order chi connectivity index (χ0) is 21.2. The third kappa shape index (κ3) is 5.18. The summed E-state index contributed by atoms with van der Waals surface area (Å²) in [6, 6.07) is 11.6. The van der Waals surface area contributed by atoms with Crippen molar-refractivity contribution in [1.82, 2.24) is 5.32 Å². The van der Waals surface area contributed by atoms with Crippen LogP contribution in [0.15, 0.2) is 36.4 Å². The van der Waals surface area contributed by atoms with E-state index >= 15 is 0 Å². The number of hydrogen-bond acceptors (Lipinski definition) is 3. The quantitative estimate of drug-likeness (QED) is 0.781. The van der Waals surface area contributed by atoms with Crippen molar-refractivity contribution >= 4 is 21.6 Å². The van der Waals surface area contributed by atoms with Gasteiger partial charge in [-0.25, -0.2) is 8.42 Å². The van der Waals surface area contributed by atoms with Crippen LogP contribution in [0.3, 0.4) is 0 Å². The number of amides is 1. The second-order valence-electron chi connectivity index (χ2n) is 8.06. The smallest absolute Gasteiger partial charge is 0.241 e. The molecule has 0 aliphatic heterocycles. The number of sulfonamides is 1. The number of carbonyl (C=O) groups is 1. The molecule has 2 aromatic rings. The van der Waals surface area contributed by atoms with Crippen molar-refractivity contribution in [2.24, 2.45) is 0 Å². The lowest BCUT2D eigenvalue weighted by Gasteiger charge is -2.24. The molecular weight excluding hydrogens is 384 g/mol. The van der Waals surface area contributed by atoms with E-state index in [0.29, 0.717) is 5.69 Å². The molecule has 29 heavy (non-hydrogen) atoms. The van der Waals surface area contributed by atoms with Gasteiger partial charge in [-0.15, -0.1) is 0 Å². The minimum atomic E-state index is -3.58. The summed E-state index contributed by atoms with van der Waals surface area (Å²) in [5.41, 5.74) is 6.38. The Morgan fingerprint density at radius 1 is 1.03 bits per heavy atom. The van der Waals surface area contributed by atoms with Crippen molar-refractivity contribution in [1.29, 1.82) is 0 Å². The minimum Gasteiger partial charge on any atom is -0.348 e. The first-order valence-corrected chi connectivity index (χ1v) is 12.0. The van der Waals surface area contributed by atoms with E-state index < -0.39 is 10.0 Å². The van der Waals surface area contributed by atoms with Crippen molar-refractivity contribution in [2.45, 2.75) is 52.5 Å². The van der Waals surface area contributed by atoms with Crippen LogP contribution >= 0.6 is 0 Å². The fraction of sp³-hybridized carbons (Fsp3) is 0.435. The van der Waals surface area contributed by atoms with Gasteiger partial charge in [-0.3, -0.25) is 9.10 Å². The fourth-order valence-corrected chi connectivity index (χ4v) is 4.65. The molecule has 1 amide bonds. The molecule has 0 bridgehead atoms. The van der Waals surface area contributed by atoms with Crippen molar-refractivity contribution in [3.63, 3.8) is 0 Å². The second kappa shape index (κ2) is 8.57. The van der Waals surface area contributed by atoms with Gasteiger partial charge in [0.05, 0.1) is 18.0 Å². The molecule has 0 fully saturated rings. The molecule has 156 valence electrons. The van der Waals surface area contributed by atoms with E-state index in [0.717, 1.165) is 40.1 Å². The molecule has 0 spiro atoms. The Morgan fingerprint density at radius 2 is 1.72 bits per heavy atom. The number of rotatable bonds is 6. The van der Waals surface area contributed by atoms with E-state index in [1.165, 1.54) is 24.0 Å². The Balaban J connectivity index is 1.74. The molecule has 1 aliphatic rings. The number of carbonyl (C=O) groups excluding carboxylic acids is 1. The normalized spacial score (nSPS) is 14.8. The van der Waals surface area contributed by atoms with Gasteiger partial charge >= 0.3 is 0 Å². The van der Waals surface area contributed by atoms with Crippen molar-refractivity contribution in [3.05, 3.63) is 64.2 Å². The van der Waals surface area contributed by atoms with Crippen molar-refractivity contribution in [2.75, 3.05) is 17.1 Å². The molecule has 1 atom stereocenters. The lowest BCUT2D eigenvalue weighted by atomic mass is 9.89. The van der Waals surface area contributed by atoms with Gasteiger partial charge in [0.2, 0.25) is 15.9 Å². The monoisotopic (exact) mass is 414 g/mol. The predicted molar refractivity (Wildman–Crippen MR) is 118 cm³/mol. The highest BCUT2D eigenvalue weighted by atomic mass is 32.2. The summed E-state index contributed by atoms with van der Waals surface area (Å²) in [5.74, 6) is -0.320. The van der Waals surface area contributed by atoms with Gasteiger partial charge in [0.25, 0.3) is 0 Å². The molecule has 6 heteroatoms. The van der Waals surface area contributed by atoms with Crippen LogP contribution in [0.1, 0.15) is 53.6 Å². The first-order chi connectivity index (χ1) is 13.6. The van der Waals surface area contributed by atoms with Gasteiger partial charge < -0.3 is 5.32 Å². The lowest BCUT2D eigenvalue weighted by molar-refractivity contribution is -0.120. The minimum absolute atomic E-state index is 0.184. The first-order valence-electron chi connectivity index (χ1n) is 10.1. The molecule has 1 aliphatic carbocycles. The van der Waals surface area contributed by atoms with Gasteiger partial charge in [-0.1, -0.05) is 24.3 Å². The van der Waals surface area contributed by atoms with Crippen LogP contribution in [0, 0.1) is 13.8 Å². The Hall–Kier alpha value is -2.34. The summed E-state index contributed by atoms with van der Waals surface area (Å²) < 4.78 is 25.8. The standard InChI is InChI=1S/C23H30N2O3S/c1-16-9-12-22(13-17(16)2)25(29(4,27)28)15-23(26)24-18(3)20-11-10-19-7-5-6-8-21(19)14-20/h9-14,18H,5-8,15H2,1-4H3,(H,24,26)/t18-/m0/s1. The number of nitrogens with one attached hydrogen (secondary N) is 1. The summed E-state index contributed by atoms with van der Waals surface area (Å²) >= 11 is 0. The van der Waals surface area contributed by atoms with Crippen LogP contribution in [-0.2, 0) is 27.7 Å². The predicted octanol–water partition coefficient (Wildman–Crippen LogP) is 3.83. The molecule has 0 heterocycles. The van der Waals surface area contributed by atoms with Crippen LogP contribution in [0.4, 0.5) is 5.69 Å². The van der Waals surface area contributed by atoms with Crippen LogP contribution in [0.5, 0.6) is 0 Å². The zero-order valence-electron chi connectivity index (χ0n) is 17.7. The Bertz CT molecular complexity index is 1010. The molecule has 1 N–H and O–H groups in total. The molecule has 0 aromatic heterocycles. The summed E-state index contributed by atoms with van der Waals surface area (Å²) in [7, 11) is -3.58. The van der Waals surface area contributed by atoms with Gasteiger partial charge in [-0.2, -0.15) is 0 Å². The lowest BCUT2D eigenvalue weighted by Crippen LogP contribution is -2.41. The van der Waals surface area contributed by atoms with Gasteiger partial charge in [0.15, 0.2) is 0 Å². The average molecular weight is 415 g/mol. The van der Waals surface area contributed by atoms with Gasteiger partial charge in [0.1, 0.15) is 6.54 Å². The van der Waals surface area contributed by atoms with E-state index in [9.17, 15) is 13.2 Å². The van der Waals surface area contributed by atoms with Crippen LogP contribution in [0.25, 0.3) is 0 Å². The maximum Gasteiger partial charge on any atom is 0.241 e. The third-order valence-corrected chi connectivity index (χ3v) is 6.86. The SMILES string of the molecule is Cc1ccc(N(CC(=O)N[C@@H](C)c2ccc3c(c2)CCCC3)S(C)(=O)=O)cc1C. The number of aryl methyl sites for hydroxylation is 4. The molecule has 0 radical (unpaired) electrons. The van der Waals surface area contributed by atoms with Crippen LogP contribution in [-0.4, -0.2) is 27.1 Å². The molecule has 0 saturated carbocycles. The summed E-state index contributed by atoms with van der Waals surface area (Å²) in [6.45, 7) is 5.59. The second-order valence-corrected chi connectivity index (χ2v) is 9.97. The van der Waals surface area contributed by atoms with Crippen molar-refractivity contribution < 1.29 is 13.2 Å². The van der Waals surface area contributed by atoms with E-state index in [1.807, 2.05) is 26.8 Å². The maximum absolute atomic E-state index is 12.7. The topological polar surface area (TPSA) is 66.5 Å². The van der Waals surface area contributed by atoms with E-state index in [-0.39, 0.29) is 18.5 Å². The number of hydrogen-bond donors (Lipinski definition) is 1. The molecule has 0 unspecified atom stereocenters. The Labute approximate surface area is 174 Å². The summed E-state index contributed by atoms with van der Waals surface area (Å²) in [4.78, 5) is 12.7. The molecule has 3 rings (SSSR count). The molecule has 0 saturated heterocycles. The highest BCUT2D eigenvalue weighted by Gasteiger charge is 2.22. The highest BCUT2D eigenvalue weighted by Crippen LogP contribution is 2.25. The highest BCUT2D eigenvalue weighted by molar-refractivity contribution is 7.92. The Kier molecular flexibility index (Phi) is 6.32. The molecule has 5 nitrogen and oxygen atoms in total. The summed E-state index contributed by atoms with van der Waals surface area (Å²) in [6.07, 6.45) is 5.77. The van der Waals surface area contributed by atoms with E-state index in [2.05, 4.69) is 23.5 Å². The number of nitrogens with zero attached hydrogens (tertiary/aromatic N) is 1. The largest absolute Gasteiger partial charge is 0.348 e. The maximum atomic E-state index is 12.7. The van der Waals surface area contributed by atoms with Crippen LogP contribution < -0.4 is 9.62 Å². The van der Waals surface area contributed by atoms with E-state index in [1.54, 1.807) is 12.1 Å². The van der Waals surface area contributed by atoms with Gasteiger partial charge in [0, 0.05) is 0 Å². The third-order valence-electron chi connectivity index (χ3n) is 5.72. The average Bonchev–Trinajstić information content (AvgIpc) is 2.67. The van der Waals surface area contributed by atoms with E-state index in [4.69, 9.17) is 0 Å². The fourth-order valence-electron chi connectivity index (χ4n) is 3.80. The zero-order valence-corrected chi connectivity index (χ0v) is 18.5. The Morgan fingerprint density at radius 3 is 2.38 bits per heavy atom. The summed E-state index contributed by atoms with van der Waals surface area (Å²) in [5, 5.41) is 2.96. The molecule has 2 aromatic carbocycles. The number of anilines is 1. The first kappa shape index (κ1) is 21.4. The number of benzene rings is 2. The van der Waals surface area contributed by atoms with Gasteiger partial charge in [-0.05, 0) is 86.4 Å². The number of fused-ring (bicyclic) bond motifs is 1.